The van der Waals surface area contributed by atoms with E-state index in [1.54, 1.807) is 36.6 Å². The standard InChI is InChI=1S/C12H9BrN2O2S2/c1-8-3-2-4-11(9(8)7-14)15-19(16,17)12-10(13)5-6-18-12/h2-6,15H,1H3. The molecule has 0 radical (unpaired) electrons. The number of hydrogen-bond acceptors (Lipinski definition) is 4. The number of rotatable bonds is 3. The van der Waals surface area contributed by atoms with Crippen LogP contribution in [0, 0.1) is 18.3 Å². The molecular formula is C12H9BrN2O2S2. The number of aryl methyl sites for hydroxylation is 1. The third-order valence-electron chi connectivity index (χ3n) is 2.46. The van der Waals surface area contributed by atoms with Crippen molar-refractivity contribution in [1.29, 1.82) is 5.26 Å². The molecule has 4 nitrogen and oxygen atoms in total. The molecule has 1 heterocycles. The van der Waals surface area contributed by atoms with Gasteiger partial charge in [-0.2, -0.15) is 5.26 Å². The highest BCUT2D eigenvalue weighted by Gasteiger charge is 2.20. The number of benzene rings is 1. The highest BCUT2D eigenvalue weighted by Crippen LogP contribution is 2.30. The van der Waals surface area contributed by atoms with E-state index in [4.69, 9.17) is 5.26 Å². The van der Waals surface area contributed by atoms with Crippen LogP contribution in [0.15, 0.2) is 38.3 Å². The quantitative estimate of drug-likeness (QED) is 0.914. The van der Waals surface area contributed by atoms with Crippen LogP contribution in [0.4, 0.5) is 5.69 Å². The summed E-state index contributed by atoms with van der Waals surface area (Å²) < 4.78 is 27.6. The molecule has 0 aliphatic rings. The van der Waals surface area contributed by atoms with Crippen molar-refractivity contribution in [3.05, 3.63) is 45.2 Å². The van der Waals surface area contributed by atoms with Crippen LogP contribution in [0.1, 0.15) is 11.1 Å². The Morgan fingerprint density at radius 1 is 1.37 bits per heavy atom. The first-order valence-corrected chi connectivity index (χ1v) is 8.37. The van der Waals surface area contributed by atoms with Gasteiger partial charge in [0, 0.05) is 4.47 Å². The highest BCUT2D eigenvalue weighted by molar-refractivity contribution is 9.10. The van der Waals surface area contributed by atoms with E-state index in [0.29, 0.717) is 15.7 Å². The van der Waals surface area contributed by atoms with Crippen LogP contribution in [0.3, 0.4) is 0 Å². The molecule has 7 heteroatoms. The Hall–Kier alpha value is -1.36. The molecule has 0 aliphatic carbocycles. The fourth-order valence-corrected chi connectivity index (χ4v) is 4.97. The summed E-state index contributed by atoms with van der Waals surface area (Å²) in [5.74, 6) is 0. The molecule has 0 saturated carbocycles. The van der Waals surface area contributed by atoms with E-state index in [2.05, 4.69) is 20.7 Å². The van der Waals surface area contributed by atoms with E-state index in [-0.39, 0.29) is 4.21 Å². The van der Waals surface area contributed by atoms with Crippen molar-refractivity contribution in [1.82, 2.24) is 0 Å². The van der Waals surface area contributed by atoms with Gasteiger partial charge < -0.3 is 0 Å². The molecule has 1 aromatic heterocycles. The Labute approximate surface area is 123 Å². The van der Waals surface area contributed by atoms with Gasteiger partial charge in [0.2, 0.25) is 0 Å². The maximum Gasteiger partial charge on any atom is 0.272 e. The topological polar surface area (TPSA) is 70.0 Å². The second-order valence-electron chi connectivity index (χ2n) is 3.77. The molecule has 1 N–H and O–H groups in total. The van der Waals surface area contributed by atoms with Crippen molar-refractivity contribution in [3.63, 3.8) is 0 Å². The lowest BCUT2D eigenvalue weighted by molar-refractivity contribution is 0.603. The van der Waals surface area contributed by atoms with E-state index < -0.39 is 10.0 Å². The molecule has 0 aliphatic heterocycles. The Kier molecular flexibility index (Phi) is 3.94. The summed E-state index contributed by atoms with van der Waals surface area (Å²) in [5.41, 5.74) is 1.36. The summed E-state index contributed by atoms with van der Waals surface area (Å²) in [4.78, 5) is 0. The lowest BCUT2D eigenvalue weighted by Crippen LogP contribution is -2.13. The molecule has 0 unspecified atom stereocenters. The predicted octanol–water partition coefficient (Wildman–Crippen LogP) is 3.49. The maximum absolute atomic E-state index is 12.2. The third kappa shape index (κ3) is 2.81. The van der Waals surface area contributed by atoms with Gasteiger partial charge in [-0.25, -0.2) is 8.42 Å². The Morgan fingerprint density at radius 3 is 2.68 bits per heavy atom. The summed E-state index contributed by atoms with van der Waals surface area (Å²) in [5, 5.41) is 10.8. The molecular weight excluding hydrogens is 348 g/mol. The number of thiophene rings is 1. The fraction of sp³-hybridized carbons (Fsp3) is 0.0833. The van der Waals surface area contributed by atoms with Gasteiger partial charge in [-0.05, 0) is 45.9 Å². The van der Waals surface area contributed by atoms with Crippen LogP contribution in [0.25, 0.3) is 0 Å². The maximum atomic E-state index is 12.2. The SMILES string of the molecule is Cc1cccc(NS(=O)(=O)c2sccc2Br)c1C#N. The summed E-state index contributed by atoms with van der Waals surface area (Å²) in [6.45, 7) is 1.76. The predicted molar refractivity (Wildman–Crippen MR) is 78.7 cm³/mol. The second-order valence-corrected chi connectivity index (χ2v) is 7.42. The van der Waals surface area contributed by atoms with E-state index in [1.165, 1.54) is 0 Å². The van der Waals surface area contributed by atoms with Crippen molar-refractivity contribution in [3.8, 4) is 6.07 Å². The Bertz CT molecular complexity index is 760. The molecule has 98 valence electrons. The average molecular weight is 357 g/mol. The van der Waals surface area contributed by atoms with Crippen LogP contribution in [0.5, 0.6) is 0 Å². The monoisotopic (exact) mass is 356 g/mol. The molecule has 0 amide bonds. The highest BCUT2D eigenvalue weighted by atomic mass is 79.9. The van der Waals surface area contributed by atoms with E-state index in [1.807, 2.05) is 6.07 Å². The summed E-state index contributed by atoms with van der Waals surface area (Å²) in [6.07, 6.45) is 0. The molecule has 1 aromatic carbocycles. The Morgan fingerprint density at radius 2 is 2.11 bits per heavy atom. The number of nitrogens with one attached hydrogen (secondary N) is 1. The number of nitrogens with zero attached hydrogens (tertiary/aromatic N) is 1. The molecule has 2 aromatic rings. The van der Waals surface area contributed by atoms with Crippen molar-refractivity contribution in [2.45, 2.75) is 11.1 Å². The zero-order chi connectivity index (χ0) is 14.0. The van der Waals surface area contributed by atoms with Crippen molar-refractivity contribution in [2.24, 2.45) is 0 Å². The number of sulfonamides is 1. The molecule has 0 saturated heterocycles. The number of halogens is 1. The molecule has 2 rings (SSSR count). The van der Waals surface area contributed by atoms with Gasteiger partial charge in [0.1, 0.15) is 6.07 Å². The van der Waals surface area contributed by atoms with Gasteiger partial charge in [0.15, 0.2) is 4.21 Å². The van der Waals surface area contributed by atoms with Crippen molar-refractivity contribution >= 4 is 43.0 Å². The minimum atomic E-state index is -3.68. The first kappa shape index (κ1) is 14.1. The van der Waals surface area contributed by atoms with Crippen LogP contribution in [-0.4, -0.2) is 8.42 Å². The molecule has 0 bridgehead atoms. The summed E-state index contributed by atoms with van der Waals surface area (Å²) in [6, 6.07) is 8.72. The van der Waals surface area contributed by atoms with E-state index in [0.717, 1.165) is 16.9 Å². The van der Waals surface area contributed by atoms with Gasteiger partial charge in [0.25, 0.3) is 10.0 Å². The van der Waals surface area contributed by atoms with Gasteiger partial charge in [0.05, 0.1) is 11.3 Å². The minimum Gasteiger partial charge on any atom is -0.278 e. The largest absolute Gasteiger partial charge is 0.278 e. The van der Waals surface area contributed by atoms with Crippen molar-refractivity contribution < 1.29 is 8.42 Å². The lowest BCUT2D eigenvalue weighted by atomic mass is 10.1. The van der Waals surface area contributed by atoms with Gasteiger partial charge in [-0.15, -0.1) is 11.3 Å². The zero-order valence-corrected chi connectivity index (χ0v) is 13.1. The number of nitriles is 1. The van der Waals surface area contributed by atoms with Crippen molar-refractivity contribution in [2.75, 3.05) is 4.72 Å². The second kappa shape index (κ2) is 5.33. The van der Waals surface area contributed by atoms with E-state index in [9.17, 15) is 8.42 Å². The third-order valence-corrected chi connectivity index (χ3v) is 6.49. The molecule has 0 atom stereocenters. The first-order chi connectivity index (χ1) is 8.95. The van der Waals surface area contributed by atoms with Gasteiger partial charge in [-0.1, -0.05) is 12.1 Å². The molecule has 0 fully saturated rings. The normalized spacial score (nSPS) is 11.0. The lowest BCUT2D eigenvalue weighted by Gasteiger charge is -2.09. The number of hydrogen-bond donors (Lipinski definition) is 1. The summed E-state index contributed by atoms with van der Waals surface area (Å²) in [7, 11) is -3.68. The van der Waals surface area contributed by atoms with Gasteiger partial charge in [-0.3, -0.25) is 4.72 Å². The fourth-order valence-electron chi connectivity index (χ4n) is 1.56. The molecule has 19 heavy (non-hydrogen) atoms. The average Bonchev–Trinajstić information content (AvgIpc) is 2.76. The summed E-state index contributed by atoms with van der Waals surface area (Å²) >= 11 is 4.30. The Balaban J connectivity index is 2.46. The van der Waals surface area contributed by atoms with Crippen LogP contribution < -0.4 is 4.72 Å². The zero-order valence-electron chi connectivity index (χ0n) is 9.84. The van der Waals surface area contributed by atoms with Gasteiger partial charge >= 0.3 is 0 Å². The number of anilines is 1. The van der Waals surface area contributed by atoms with Crippen LogP contribution in [0.2, 0.25) is 0 Å². The smallest absolute Gasteiger partial charge is 0.272 e. The first-order valence-electron chi connectivity index (χ1n) is 5.21. The van der Waals surface area contributed by atoms with Crippen LogP contribution in [-0.2, 0) is 10.0 Å². The van der Waals surface area contributed by atoms with Crippen LogP contribution >= 0.6 is 27.3 Å². The minimum absolute atomic E-state index is 0.192. The molecule has 0 spiro atoms. The van der Waals surface area contributed by atoms with E-state index >= 15 is 0 Å².